The summed E-state index contributed by atoms with van der Waals surface area (Å²) in [5, 5.41) is 14.1. The van der Waals surface area contributed by atoms with Gasteiger partial charge in [0.15, 0.2) is 17.1 Å². The van der Waals surface area contributed by atoms with Crippen LogP contribution in [-0.4, -0.2) is 19.7 Å². The van der Waals surface area contributed by atoms with Crippen molar-refractivity contribution in [2.75, 3.05) is 0 Å². The third kappa shape index (κ3) is 5.73. The Kier molecular flexibility index (Phi) is 7.98. The third-order valence-corrected chi connectivity index (χ3v) is 7.42. The number of nitrogens with zero attached hydrogens (tertiary/aromatic N) is 4. The van der Waals surface area contributed by atoms with Crippen LogP contribution >= 0.6 is 57.9 Å². The average Bonchev–Trinajstić information content (AvgIpc) is 3.42. The lowest BCUT2D eigenvalue weighted by Crippen LogP contribution is -2.12. The van der Waals surface area contributed by atoms with Gasteiger partial charge in [-0.05, 0) is 25.1 Å². The van der Waals surface area contributed by atoms with E-state index in [-0.39, 0.29) is 0 Å². The number of allylic oxidation sites excluding steroid dienone is 1. The second-order valence-corrected chi connectivity index (χ2v) is 10.0. The van der Waals surface area contributed by atoms with Crippen LogP contribution in [0, 0.1) is 0 Å². The molecule has 2 aromatic heterocycles. The Morgan fingerprint density at radius 3 is 2.76 bits per heavy atom. The molecular formula is C23H19Cl3N4OS2. The normalized spacial score (nSPS) is 12.0. The van der Waals surface area contributed by atoms with Gasteiger partial charge in [0.25, 0.3) is 0 Å². The third-order valence-electron chi connectivity index (χ3n) is 4.62. The van der Waals surface area contributed by atoms with Crippen molar-refractivity contribution in [3.05, 3.63) is 87.1 Å². The number of halogens is 3. The zero-order chi connectivity index (χ0) is 23.4. The van der Waals surface area contributed by atoms with Gasteiger partial charge in [0, 0.05) is 34.3 Å². The molecule has 0 saturated heterocycles. The smallest absolute Gasteiger partial charge is 0.192 e. The summed E-state index contributed by atoms with van der Waals surface area (Å²) in [4.78, 5) is 4.73. The molecule has 0 aliphatic carbocycles. The van der Waals surface area contributed by atoms with Crippen molar-refractivity contribution in [2.24, 2.45) is 0 Å². The lowest BCUT2D eigenvalue weighted by molar-refractivity contribution is 0.210. The van der Waals surface area contributed by atoms with Gasteiger partial charge in [0.2, 0.25) is 0 Å². The van der Waals surface area contributed by atoms with Crippen LogP contribution in [0.25, 0.3) is 10.6 Å². The van der Waals surface area contributed by atoms with Crippen LogP contribution in [-0.2, 0) is 12.3 Å². The quantitative estimate of drug-likeness (QED) is 0.160. The lowest BCUT2D eigenvalue weighted by atomic mass is 10.2. The highest BCUT2D eigenvalue weighted by atomic mass is 35.5. The van der Waals surface area contributed by atoms with Gasteiger partial charge in [0.05, 0.1) is 15.7 Å². The summed E-state index contributed by atoms with van der Waals surface area (Å²) in [6.45, 7) is 6.30. The summed E-state index contributed by atoms with van der Waals surface area (Å²) >= 11 is 21.8. The predicted molar refractivity (Wildman–Crippen MR) is 138 cm³/mol. The molecule has 0 spiro atoms. The van der Waals surface area contributed by atoms with Crippen LogP contribution in [0.1, 0.15) is 24.5 Å². The van der Waals surface area contributed by atoms with Crippen molar-refractivity contribution in [1.82, 2.24) is 19.7 Å². The number of ether oxygens (including phenoxy) is 1. The molecule has 0 N–H and O–H groups in total. The van der Waals surface area contributed by atoms with Crippen LogP contribution < -0.4 is 4.74 Å². The second-order valence-electron chi connectivity index (χ2n) is 6.99. The monoisotopic (exact) mass is 536 g/mol. The van der Waals surface area contributed by atoms with Gasteiger partial charge >= 0.3 is 0 Å². The zero-order valence-electron chi connectivity index (χ0n) is 17.5. The summed E-state index contributed by atoms with van der Waals surface area (Å²) in [5.41, 5.74) is 1.88. The number of rotatable bonds is 9. The molecule has 1 unspecified atom stereocenters. The fourth-order valence-corrected chi connectivity index (χ4v) is 5.51. The van der Waals surface area contributed by atoms with Gasteiger partial charge in [-0.1, -0.05) is 70.8 Å². The van der Waals surface area contributed by atoms with E-state index >= 15 is 0 Å². The van der Waals surface area contributed by atoms with E-state index in [1.165, 1.54) is 0 Å². The Bertz CT molecular complexity index is 1270. The highest BCUT2D eigenvalue weighted by molar-refractivity contribution is 7.98. The number of hydrogen-bond donors (Lipinski definition) is 0. The number of thioether (sulfide) groups is 1. The second kappa shape index (κ2) is 10.9. The Labute approximate surface area is 215 Å². The molecule has 2 heterocycles. The Balaban J connectivity index is 1.49. The van der Waals surface area contributed by atoms with E-state index in [4.69, 9.17) is 44.5 Å². The Morgan fingerprint density at radius 1 is 1.15 bits per heavy atom. The molecular weight excluding hydrogens is 519 g/mol. The molecule has 1 atom stereocenters. The van der Waals surface area contributed by atoms with E-state index in [1.54, 1.807) is 47.4 Å². The molecule has 33 heavy (non-hydrogen) atoms. The number of thiazole rings is 1. The molecule has 4 rings (SSSR count). The maximum Gasteiger partial charge on any atom is 0.192 e. The maximum atomic E-state index is 6.31. The highest BCUT2D eigenvalue weighted by Gasteiger charge is 2.20. The number of hydrogen-bond acceptors (Lipinski definition) is 6. The van der Waals surface area contributed by atoms with Crippen molar-refractivity contribution in [1.29, 1.82) is 0 Å². The van der Waals surface area contributed by atoms with E-state index < -0.39 is 6.10 Å². The molecule has 10 heteroatoms. The van der Waals surface area contributed by atoms with Gasteiger partial charge in [0.1, 0.15) is 10.8 Å². The summed E-state index contributed by atoms with van der Waals surface area (Å²) in [6, 6.07) is 12.8. The van der Waals surface area contributed by atoms with Crippen molar-refractivity contribution in [3.63, 3.8) is 0 Å². The molecule has 2 aromatic carbocycles. The number of benzene rings is 2. The van der Waals surface area contributed by atoms with Crippen LogP contribution in [0.3, 0.4) is 0 Å². The van der Waals surface area contributed by atoms with Gasteiger partial charge in [-0.2, -0.15) is 0 Å². The largest absolute Gasteiger partial charge is 0.481 e. The number of aromatic nitrogens is 4. The topological polar surface area (TPSA) is 52.8 Å². The van der Waals surface area contributed by atoms with Crippen molar-refractivity contribution in [3.8, 4) is 16.3 Å². The maximum absolute atomic E-state index is 6.31. The summed E-state index contributed by atoms with van der Waals surface area (Å²) in [6.07, 6.45) is 1.41. The van der Waals surface area contributed by atoms with Crippen LogP contribution in [0.15, 0.2) is 65.7 Å². The van der Waals surface area contributed by atoms with Gasteiger partial charge in [-0.25, -0.2) is 4.98 Å². The van der Waals surface area contributed by atoms with Crippen LogP contribution in [0.2, 0.25) is 15.1 Å². The van der Waals surface area contributed by atoms with Crippen LogP contribution in [0.5, 0.6) is 5.75 Å². The lowest BCUT2D eigenvalue weighted by Gasteiger charge is -2.16. The average molecular weight is 538 g/mol. The Hall–Kier alpha value is -2.03. The molecule has 0 fully saturated rings. The molecule has 0 aliphatic heterocycles. The highest BCUT2D eigenvalue weighted by Crippen LogP contribution is 2.34. The first kappa shape index (κ1) is 24.1. The molecule has 4 aromatic rings. The van der Waals surface area contributed by atoms with Crippen LogP contribution in [0.4, 0.5) is 0 Å². The minimum absolute atomic E-state index is 0.395. The molecule has 0 amide bonds. The van der Waals surface area contributed by atoms with E-state index in [1.807, 2.05) is 41.1 Å². The summed E-state index contributed by atoms with van der Waals surface area (Å²) in [7, 11) is 0. The summed E-state index contributed by atoms with van der Waals surface area (Å²) < 4.78 is 8.01. The van der Waals surface area contributed by atoms with Gasteiger partial charge in [-0.15, -0.1) is 28.1 Å². The van der Waals surface area contributed by atoms with Crippen molar-refractivity contribution >= 4 is 57.9 Å². The predicted octanol–water partition coefficient (Wildman–Crippen LogP) is 7.98. The molecule has 0 radical (unpaired) electrons. The fraction of sp³-hybridized carbons (Fsp3) is 0.174. The Morgan fingerprint density at radius 2 is 1.97 bits per heavy atom. The molecule has 0 saturated carbocycles. The summed E-state index contributed by atoms with van der Waals surface area (Å²) in [5.74, 6) is 1.81. The van der Waals surface area contributed by atoms with Crippen molar-refractivity contribution < 1.29 is 4.74 Å². The minimum atomic E-state index is -0.395. The van der Waals surface area contributed by atoms with Gasteiger partial charge < -0.3 is 4.74 Å². The molecule has 0 aliphatic rings. The molecule has 0 bridgehead atoms. The van der Waals surface area contributed by atoms with E-state index in [0.29, 0.717) is 38.9 Å². The minimum Gasteiger partial charge on any atom is -0.481 e. The molecule has 170 valence electrons. The van der Waals surface area contributed by atoms with Gasteiger partial charge in [-0.3, -0.25) is 4.57 Å². The SMILES string of the molecule is C=CCn1c(SCc2csc(-c3ccccc3Cl)n2)nnc1C(C)Oc1cc(Cl)ccc1Cl. The zero-order valence-corrected chi connectivity index (χ0v) is 21.4. The first-order valence-corrected chi connectivity index (χ1v) is 12.9. The van der Waals surface area contributed by atoms with E-state index in [2.05, 4.69) is 16.8 Å². The van der Waals surface area contributed by atoms with E-state index in [0.717, 1.165) is 21.4 Å². The first-order chi connectivity index (χ1) is 16.0. The first-order valence-electron chi connectivity index (χ1n) is 9.94. The van der Waals surface area contributed by atoms with Crippen molar-refractivity contribution in [2.45, 2.75) is 30.5 Å². The standard InChI is InChI=1S/C23H19Cl3N4OS2/c1-3-10-30-21(14(2)31-20-11-15(24)8-9-19(20)26)28-29-23(30)33-13-16-12-32-22(27-16)17-6-4-5-7-18(17)25/h3-9,11-12,14H,1,10,13H2,2H3. The molecule has 5 nitrogen and oxygen atoms in total. The van der Waals surface area contributed by atoms with E-state index in [9.17, 15) is 0 Å². The fourth-order valence-electron chi connectivity index (χ4n) is 3.09.